The summed E-state index contributed by atoms with van der Waals surface area (Å²) < 4.78 is 41.8. The van der Waals surface area contributed by atoms with Gasteiger partial charge in [0.2, 0.25) is 0 Å². The third kappa shape index (κ3) is 6.12. The van der Waals surface area contributed by atoms with Crippen molar-refractivity contribution in [2.45, 2.75) is 37.7 Å². The maximum atomic E-state index is 15.3. The summed E-state index contributed by atoms with van der Waals surface area (Å²) in [6.45, 7) is 4.75. The highest BCUT2D eigenvalue weighted by atomic mass is 32.2. The predicted molar refractivity (Wildman–Crippen MR) is 167 cm³/mol. The molecule has 5 rings (SSSR count). The minimum absolute atomic E-state index is 0.0491. The van der Waals surface area contributed by atoms with Crippen LogP contribution in [0.3, 0.4) is 0 Å². The van der Waals surface area contributed by atoms with Crippen LogP contribution in [0.2, 0.25) is 0 Å². The molecule has 0 saturated heterocycles. The highest BCUT2D eigenvalue weighted by Gasteiger charge is 2.21. The fourth-order valence-electron chi connectivity index (χ4n) is 4.86. The van der Waals surface area contributed by atoms with Crippen LogP contribution in [-0.4, -0.2) is 55.5 Å². The first-order valence-electron chi connectivity index (χ1n) is 13.9. The molecule has 0 amide bonds. The summed E-state index contributed by atoms with van der Waals surface area (Å²) in [6, 6.07) is 12.0. The van der Waals surface area contributed by atoms with Crippen molar-refractivity contribution in [3.05, 3.63) is 98.6 Å². The van der Waals surface area contributed by atoms with Crippen molar-refractivity contribution in [1.29, 1.82) is 0 Å². The number of aromatic nitrogens is 5. The normalized spacial score (nSPS) is 12.1. The molecule has 0 spiro atoms. The summed E-state index contributed by atoms with van der Waals surface area (Å²) in [4.78, 5) is 30.5. The van der Waals surface area contributed by atoms with Crippen LogP contribution in [0.15, 0.2) is 75.4 Å². The third-order valence-corrected chi connectivity index (χ3v) is 8.98. The highest BCUT2D eigenvalue weighted by Crippen LogP contribution is 2.30. The Hall–Kier alpha value is -4.79. The van der Waals surface area contributed by atoms with Crippen LogP contribution in [0.4, 0.5) is 15.9 Å². The van der Waals surface area contributed by atoms with Gasteiger partial charge in [0, 0.05) is 29.8 Å². The molecule has 0 aliphatic rings. The molecule has 3 N–H and O–H groups in total. The molecule has 3 heterocycles. The van der Waals surface area contributed by atoms with E-state index >= 15 is 4.39 Å². The minimum Gasteiger partial charge on any atom is -0.395 e. The number of aliphatic hydroxyl groups is 2. The second kappa shape index (κ2) is 12.0. The third-order valence-electron chi connectivity index (χ3n) is 7.30. The van der Waals surface area contributed by atoms with Crippen molar-refractivity contribution in [3.8, 4) is 16.9 Å². The molecule has 234 valence electrons. The van der Waals surface area contributed by atoms with Crippen LogP contribution in [0.1, 0.15) is 31.9 Å². The average Bonchev–Trinajstić information content (AvgIpc) is 2.98. The van der Waals surface area contributed by atoms with E-state index in [1.807, 2.05) is 20.8 Å². The molecule has 0 radical (unpaired) electrons. The summed E-state index contributed by atoms with van der Waals surface area (Å²) in [5.41, 5.74) is 0.284. The van der Waals surface area contributed by atoms with Crippen molar-refractivity contribution >= 4 is 32.1 Å². The number of hydrogen-bond donors (Lipinski definition) is 3. The Balaban J connectivity index is 1.58. The van der Waals surface area contributed by atoms with Crippen LogP contribution in [0, 0.1) is 5.82 Å². The number of hydrogen-bond acceptors (Lipinski definition) is 10. The number of sulfone groups is 1. The Kier molecular flexibility index (Phi) is 8.40. The van der Waals surface area contributed by atoms with Gasteiger partial charge < -0.3 is 15.5 Å². The Morgan fingerprint density at radius 3 is 2.40 bits per heavy atom. The lowest BCUT2D eigenvalue weighted by atomic mass is 9.86. The van der Waals surface area contributed by atoms with Crippen molar-refractivity contribution < 1.29 is 23.0 Å². The van der Waals surface area contributed by atoms with E-state index in [0.29, 0.717) is 16.5 Å². The minimum atomic E-state index is -3.71. The number of benzene rings is 2. The van der Waals surface area contributed by atoms with Crippen LogP contribution in [0.25, 0.3) is 27.7 Å². The van der Waals surface area contributed by atoms with Gasteiger partial charge in [-0.3, -0.25) is 9.59 Å². The van der Waals surface area contributed by atoms with Gasteiger partial charge in [0.25, 0.3) is 11.1 Å². The van der Waals surface area contributed by atoms with Gasteiger partial charge in [0.15, 0.2) is 9.84 Å². The average molecular weight is 635 g/mol. The number of aliphatic hydroxyl groups excluding tert-OH is 2. The lowest BCUT2D eigenvalue weighted by Gasteiger charge is -2.20. The molecule has 45 heavy (non-hydrogen) atoms. The second-order valence-electron chi connectivity index (χ2n) is 11.4. The van der Waals surface area contributed by atoms with E-state index in [2.05, 4.69) is 20.5 Å². The summed E-state index contributed by atoms with van der Waals surface area (Å²) >= 11 is 0. The van der Waals surface area contributed by atoms with Crippen molar-refractivity contribution in [2.75, 3.05) is 17.7 Å². The summed E-state index contributed by atoms with van der Waals surface area (Å²) in [5.74, 6) is -0.953. The molecule has 0 aliphatic carbocycles. The smallest absolute Gasteiger partial charge is 0.290 e. The van der Waals surface area contributed by atoms with Gasteiger partial charge in [-0.2, -0.15) is 14.9 Å². The number of pyridine rings is 1. The van der Waals surface area contributed by atoms with E-state index < -0.39 is 45.7 Å². The fraction of sp³-hybridized carbons (Fsp3) is 0.258. The molecule has 12 nitrogen and oxygen atoms in total. The SMILES string of the molecule is Cn1nc(-c2cccc(-n3ncc4cc(C(C)(C)C)cc(F)c4c3=O)c2CO)cc(Nc2ccc(S(=O)(=O)CCO)cn2)c1=O. The summed E-state index contributed by atoms with van der Waals surface area (Å²) in [5, 5.41) is 31.2. The number of halogens is 1. The van der Waals surface area contributed by atoms with Gasteiger partial charge in [0.1, 0.15) is 17.3 Å². The van der Waals surface area contributed by atoms with E-state index in [9.17, 15) is 23.1 Å². The molecule has 0 atom stereocenters. The molecule has 2 aromatic carbocycles. The maximum absolute atomic E-state index is 15.3. The molecule has 5 aromatic rings. The summed E-state index contributed by atoms with van der Waals surface area (Å²) in [6.07, 6.45) is 2.52. The van der Waals surface area contributed by atoms with Gasteiger partial charge in [-0.15, -0.1) is 0 Å². The Morgan fingerprint density at radius 1 is 1.00 bits per heavy atom. The Labute approximate surface area is 257 Å². The van der Waals surface area contributed by atoms with Gasteiger partial charge in [-0.05, 0) is 47.4 Å². The van der Waals surface area contributed by atoms with Gasteiger partial charge >= 0.3 is 0 Å². The van der Waals surface area contributed by atoms with Gasteiger partial charge in [-0.1, -0.05) is 32.9 Å². The quantitative estimate of drug-likeness (QED) is 0.231. The monoisotopic (exact) mass is 634 g/mol. The first kappa shape index (κ1) is 31.6. The number of rotatable bonds is 8. The zero-order valence-corrected chi connectivity index (χ0v) is 25.8. The van der Waals surface area contributed by atoms with Crippen LogP contribution in [0.5, 0.6) is 0 Å². The van der Waals surface area contributed by atoms with Crippen LogP contribution < -0.4 is 16.4 Å². The van der Waals surface area contributed by atoms with Crippen molar-refractivity contribution in [1.82, 2.24) is 24.5 Å². The number of aryl methyl sites for hydroxylation is 1. The van der Waals surface area contributed by atoms with Crippen LogP contribution >= 0.6 is 0 Å². The molecular formula is C31H31FN6O6S. The van der Waals surface area contributed by atoms with E-state index in [1.54, 1.807) is 24.3 Å². The molecular weight excluding hydrogens is 603 g/mol. The lowest BCUT2D eigenvalue weighted by molar-refractivity contribution is 0.281. The van der Waals surface area contributed by atoms with E-state index in [4.69, 9.17) is 5.11 Å². The Morgan fingerprint density at radius 2 is 1.76 bits per heavy atom. The zero-order chi connectivity index (χ0) is 32.7. The first-order chi connectivity index (χ1) is 21.2. The molecule has 14 heteroatoms. The Bertz CT molecular complexity index is 2160. The fourth-order valence-corrected chi connectivity index (χ4v) is 5.83. The first-order valence-corrected chi connectivity index (χ1v) is 15.5. The molecule has 0 saturated carbocycles. The van der Waals surface area contributed by atoms with Gasteiger partial charge in [-0.25, -0.2) is 22.5 Å². The topological polar surface area (TPSA) is 169 Å². The number of nitrogens with one attached hydrogen (secondary N) is 1. The van der Waals surface area contributed by atoms with Crippen molar-refractivity contribution in [3.63, 3.8) is 0 Å². The van der Waals surface area contributed by atoms with Crippen molar-refractivity contribution in [2.24, 2.45) is 7.05 Å². The second-order valence-corrected chi connectivity index (χ2v) is 13.5. The summed E-state index contributed by atoms with van der Waals surface area (Å²) in [7, 11) is -2.28. The van der Waals surface area contributed by atoms with E-state index in [0.717, 1.165) is 15.6 Å². The molecule has 0 aliphatic heterocycles. The standard InChI is InChI=1S/C31H31FN6O6S/c1-31(2,3)19-12-18-15-34-38(30(42)28(18)23(32)13-19)26-7-5-6-21(22(26)17-40)24-14-25(29(41)37(4)36-24)35-27-9-8-20(16-33-27)45(43,44)11-10-39/h5-9,12-16,39-40H,10-11,17H2,1-4H3,(H,33,35). The van der Waals surface area contributed by atoms with Gasteiger partial charge in [0.05, 0.1) is 46.8 Å². The number of fused-ring (bicyclic) bond motifs is 1. The molecule has 0 bridgehead atoms. The molecule has 3 aromatic heterocycles. The van der Waals surface area contributed by atoms with E-state index in [-0.39, 0.29) is 44.1 Å². The highest BCUT2D eigenvalue weighted by molar-refractivity contribution is 7.91. The number of nitrogens with zero attached hydrogens (tertiary/aromatic N) is 5. The molecule has 0 fully saturated rings. The lowest BCUT2D eigenvalue weighted by Crippen LogP contribution is -2.24. The number of anilines is 2. The zero-order valence-electron chi connectivity index (χ0n) is 24.9. The van der Waals surface area contributed by atoms with Crippen LogP contribution in [-0.2, 0) is 28.9 Å². The largest absolute Gasteiger partial charge is 0.395 e. The van der Waals surface area contributed by atoms with E-state index in [1.165, 1.54) is 37.5 Å². The molecule has 0 unspecified atom stereocenters. The predicted octanol–water partition coefficient (Wildman–Crippen LogP) is 2.98. The maximum Gasteiger partial charge on any atom is 0.290 e.